The van der Waals surface area contributed by atoms with Gasteiger partial charge in [0.1, 0.15) is 0 Å². The average Bonchev–Trinajstić information content (AvgIpc) is 2.67. The van der Waals surface area contributed by atoms with Gasteiger partial charge in [-0.2, -0.15) is 0 Å². The molecule has 2 rings (SSSR count). The Morgan fingerprint density at radius 3 is 2.50 bits per heavy atom. The second-order valence-corrected chi connectivity index (χ2v) is 7.59. The quantitative estimate of drug-likeness (QED) is 0.532. The fourth-order valence-corrected chi connectivity index (χ4v) is 3.14. The Morgan fingerprint density at radius 1 is 1.14 bits per heavy atom. The number of benzene rings is 2. The lowest BCUT2D eigenvalue weighted by Crippen LogP contribution is -2.24. The van der Waals surface area contributed by atoms with E-state index in [9.17, 15) is 4.79 Å². The first-order valence-corrected chi connectivity index (χ1v) is 10.4. The molecule has 0 aliphatic heterocycles. The lowest BCUT2D eigenvalue weighted by molar-refractivity contribution is -0.118. The summed E-state index contributed by atoms with van der Waals surface area (Å²) in [4.78, 5) is 12.2. The normalized spacial score (nSPS) is 11.8. The zero-order chi connectivity index (χ0) is 20.5. The number of hydrogen-bond donors (Lipinski definition) is 2. The van der Waals surface area contributed by atoms with Gasteiger partial charge >= 0.3 is 0 Å². The van der Waals surface area contributed by atoms with Crippen LogP contribution < -0.4 is 20.1 Å². The van der Waals surface area contributed by atoms with Crippen LogP contribution in [0.3, 0.4) is 0 Å². The number of ether oxygens (including phenoxy) is 2. The van der Waals surface area contributed by atoms with E-state index in [1.165, 1.54) is 0 Å². The van der Waals surface area contributed by atoms with Gasteiger partial charge in [0.05, 0.1) is 11.1 Å². The average molecular weight is 449 g/mol. The molecule has 2 aromatic rings. The smallest absolute Gasteiger partial charge is 0.262 e. The number of hydrogen-bond acceptors (Lipinski definition) is 4. The Hall–Kier alpha value is -2.05. The Labute approximate surface area is 175 Å². The maximum Gasteiger partial charge on any atom is 0.262 e. The molecule has 0 radical (unpaired) electrons. The lowest BCUT2D eigenvalue weighted by Gasteiger charge is -2.17. The van der Waals surface area contributed by atoms with Crippen LogP contribution in [0.25, 0.3) is 0 Å². The molecule has 0 aliphatic carbocycles. The van der Waals surface area contributed by atoms with Crippen molar-refractivity contribution >= 4 is 27.5 Å². The van der Waals surface area contributed by atoms with Crippen LogP contribution >= 0.6 is 15.9 Å². The predicted octanol–water partition coefficient (Wildman–Crippen LogP) is 5.06. The topological polar surface area (TPSA) is 59.6 Å². The molecular formula is C22H29BrN2O3. The summed E-state index contributed by atoms with van der Waals surface area (Å²) in [5, 5.41) is 6.30. The van der Waals surface area contributed by atoms with Crippen molar-refractivity contribution in [2.75, 3.05) is 18.5 Å². The molecule has 2 N–H and O–H groups in total. The molecule has 0 saturated heterocycles. The van der Waals surface area contributed by atoms with E-state index in [1.807, 2.05) is 50.2 Å². The molecule has 0 fully saturated rings. The molecular weight excluding hydrogens is 420 g/mol. The summed E-state index contributed by atoms with van der Waals surface area (Å²) in [6.45, 7) is 9.38. The van der Waals surface area contributed by atoms with Crippen LogP contribution in [0.5, 0.6) is 11.5 Å². The summed E-state index contributed by atoms with van der Waals surface area (Å²) in [7, 11) is 0. The maximum absolute atomic E-state index is 12.2. The van der Waals surface area contributed by atoms with E-state index in [4.69, 9.17) is 9.47 Å². The largest absolute Gasteiger partial charge is 0.490 e. The van der Waals surface area contributed by atoms with Crippen molar-refractivity contribution < 1.29 is 14.3 Å². The van der Waals surface area contributed by atoms with Gasteiger partial charge in [-0.3, -0.25) is 4.79 Å². The molecule has 0 aliphatic rings. The number of carbonyl (C=O) groups excluding carboxylic acids is 1. The van der Waals surface area contributed by atoms with Crippen LogP contribution in [-0.4, -0.2) is 25.2 Å². The number of aryl methyl sites for hydroxylation is 1. The molecule has 0 saturated carbocycles. The van der Waals surface area contributed by atoms with E-state index >= 15 is 0 Å². The number of halogens is 1. The van der Waals surface area contributed by atoms with Crippen LogP contribution in [-0.2, 0) is 11.3 Å². The highest BCUT2D eigenvalue weighted by atomic mass is 79.9. The standard InChI is InChI=1S/C22H29BrN2O3/c1-5-16(4)24-13-17-11-19(23)22(20(12-17)27-6-2)28-14-21(26)25-18-9-7-15(3)8-10-18/h7-12,16,24H,5-6,13-14H2,1-4H3,(H,25,26)/t16-/m1/s1. The number of anilines is 1. The Bertz CT molecular complexity index is 778. The summed E-state index contributed by atoms with van der Waals surface area (Å²) in [6.07, 6.45) is 1.07. The van der Waals surface area contributed by atoms with Crippen molar-refractivity contribution in [2.24, 2.45) is 0 Å². The number of amides is 1. The molecule has 5 nitrogen and oxygen atoms in total. The molecule has 28 heavy (non-hydrogen) atoms. The number of carbonyl (C=O) groups is 1. The highest BCUT2D eigenvalue weighted by molar-refractivity contribution is 9.10. The van der Waals surface area contributed by atoms with E-state index < -0.39 is 0 Å². The maximum atomic E-state index is 12.2. The fourth-order valence-electron chi connectivity index (χ4n) is 2.53. The van der Waals surface area contributed by atoms with Crippen LogP contribution in [0.4, 0.5) is 5.69 Å². The molecule has 0 heterocycles. The van der Waals surface area contributed by atoms with Gasteiger partial charge in [0.25, 0.3) is 5.91 Å². The van der Waals surface area contributed by atoms with Gasteiger partial charge in [-0.05, 0) is 73.0 Å². The third-order valence-electron chi connectivity index (χ3n) is 4.32. The number of nitrogens with one attached hydrogen (secondary N) is 2. The highest BCUT2D eigenvalue weighted by Gasteiger charge is 2.14. The molecule has 2 aromatic carbocycles. The second-order valence-electron chi connectivity index (χ2n) is 6.73. The van der Waals surface area contributed by atoms with Gasteiger partial charge in [0.2, 0.25) is 0 Å². The minimum Gasteiger partial charge on any atom is -0.490 e. The van der Waals surface area contributed by atoms with E-state index in [1.54, 1.807) is 0 Å². The van der Waals surface area contributed by atoms with Crippen molar-refractivity contribution in [2.45, 2.75) is 46.7 Å². The molecule has 0 aromatic heterocycles. The molecule has 1 amide bonds. The van der Waals surface area contributed by atoms with Gasteiger partial charge in [-0.15, -0.1) is 0 Å². The minimum absolute atomic E-state index is 0.100. The first kappa shape index (κ1) is 22.2. The van der Waals surface area contributed by atoms with Crippen LogP contribution in [0, 0.1) is 6.92 Å². The van der Waals surface area contributed by atoms with E-state index in [-0.39, 0.29) is 12.5 Å². The molecule has 1 atom stereocenters. The molecule has 0 spiro atoms. The summed E-state index contributed by atoms with van der Waals surface area (Å²) in [5.74, 6) is 0.940. The second kappa shape index (κ2) is 11.1. The third kappa shape index (κ3) is 6.84. The Balaban J connectivity index is 2.04. The van der Waals surface area contributed by atoms with E-state index in [0.717, 1.165) is 34.3 Å². The SMILES string of the molecule is CCOc1cc(CN[C@H](C)CC)cc(Br)c1OCC(=O)Nc1ccc(C)cc1. The van der Waals surface area contributed by atoms with Gasteiger partial charge in [0, 0.05) is 18.3 Å². The lowest BCUT2D eigenvalue weighted by atomic mass is 10.1. The van der Waals surface area contributed by atoms with E-state index in [2.05, 4.69) is 40.4 Å². The van der Waals surface area contributed by atoms with Gasteiger partial charge < -0.3 is 20.1 Å². The van der Waals surface area contributed by atoms with Crippen molar-refractivity contribution in [1.29, 1.82) is 0 Å². The van der Waals surface area contributed by atoms with Crippen molar-refractivity contribution in [3.05, 3.63) is 52.0 Å². The summed E-state index contributed by atoms with van der Waals surface area (Å²) >= 11 is 3.55. The zero-order valence-corrected chi connectivity index (χ0v) is 18.6. The molecule has 0 unspecified atom stereocenters. The van der Waals surface area contributed by atoms with Crippen LogP contribution in [0.1, 0.15) is 38.3 Å². The third-order valence-corrected chi connectivity index (χ3v) is 4.91. The van der Waals surface area contributed by atoms with Crippen molar-refractivity contribution in [3.8, 4) is 11.5 Å². The summed E-state index contributed by atoms with van der Waals surface area (Å²) in [6, 6.07) is 12.0. The summed E-state index contributed by atoms with van der Waals surface area (Å²) in [5.41, 5.74) is 2.98. The molecule has 152 valence electrons. The van der Waals surface area contributed by atoms with Crippen LogP contribution in [0.15, 0.2) is 40.9 Å². The molecule has 0 bridgehead atoms. The summed E-state index contributed by atoms with van der Waals surface area (Å²) < 4.78 is 12.3. The van der Waals surface area contributed by atoms with Crippen LogP contribution in [0.2, 0.25) is 0 Å². The Morgan fingerprint density at radius 2 is 1.86 bits per heavy atom. The van der Waals surface area contributed by atoms with Gasteiger partial charge in [-0.25, -0.2) is 0 Å². The highest BCUT2D eigenvalue weighted by Crippen LogP contribution is 2.37. The monoisotopic (exact) mass is 448 g/mol. The van der Waals surface area contributed by atoms with Gasteiger partial charge in [0.15, 0.2) is 18.1 Å². The van der Waals surface area contributed by atoms with Crippen molar-refractivity contribution in [3.63, 3.8) is 0 Å². The predicted molar refractivity (Wildman–Crippen MR) is 117 cm³/mol. The zero-order valence-electron chi connectivity index (χ0n) is 17.0. The first-order chi connectivity index (χ1) is 13.4. The minimum atomic E-state index is -0.222. The fraction of sp³-hybridized carbons (Fsp3) is 0.409. The van der Waals surface area contributed by atoms with E-state index in [0.29, 0.717) is 24.1 Å². The number of rotatable bonds is 10. The molecule has 6 heteroatoms. The first-order valence-electron chi connectivity index (χ1n) is 9.60. The Kier molecular flexibility index (Phi) is 8.80. The van der Waals surface area contributed by atoms with Crippen molar-refractivity contribution in [1.82, 2.24) is 5.32 Å². The van der Waals surface area contributed by atoms with Gasteiger partial charge in [-0.1, -0.05) is 24.6 Å².